The summed E-state index contributed by atoms with van der Waals surface area (Å²) in [6.07, 6.45) is 3.84. The second-order valence-corrected chi connectivity index (χ2v) is 4.84. The molecule has 0 fully saturated rings. The number of aromatic nitrogens is 2. The number of amides is 1. The lowest BCUT2D eigenvalue weighted by molar-refractivity contribution is -0.114. The van der Waals surface area contributed by atoms with Gasteiger partial charge in [-0.15, -0.1) is 0 Å². The van der Waals surface area contributed by atoms with Crippen molar-refractivity contribution in [3.8, 4) is 0 Å². The molecule has 6 heteroatoms. The molecule has 106 valence electrons. The first-order valence-corrected chi connectivity index (χ1v) is 6.78. The molecule has 0 atom stereocenters. The van der Waals surface area contributed by atoms with Crippen LogP contribution in [0.5, 0.6) is 0 Å². The smallest absolute Gasteiger partial charge is 0.221 e. The Balaban J connectivity index is 1.99. The lowest BCUT2D eigenvalue weighted by Crippen LogP contribution is -2.06. The van der Waals surface area contributed by atoms with Gasteiger partial charge in [0.2, 0.25) is 5.91 Å². The molecule has 0 saturated carbocycles. The number of benzene rings is 1. The number of halogens is 1. The molecule has 0 spiro atoms. The quantitative estimate of drug-likeness (QED) is 0.890. The number of nitrogens with one attached hydrogen (secondary N) is 2. The van der Waals surface area contributed by atoms with Crippen LogP contribution in [-0.2, 0) is 17.9 Å². The van der Waals surface area contributed by atoms with Gasteiger partial charge in [-0.05, 0) is 25.1 Å². The van der Waals surface area contributed by atoms with E-state index in [2.05, 4.69) is 15.7 Å². The van der Waals surface area contributed by atoms with E-state index in [-0.39, 0.29) is 5.91 Å². The zero-order valence-corrected chi connectivity index (χ0v) is 12.2. The van der Waals surface area contributed by atoms with Crippen molar-refractivity contribution in [2.45, 2.75) is 26.9 Å². The van der Waals surface area contributed by atoms with Gasteiger partial charge in [-0.25, -0.2) is 0 Å². The van der Waals surface area contributed by atoms with Crippen molar-refractivity contribution >= 4 is 28.9 Å². The third-order valence-corrected chi connectivity index (χ3v) is 3.10. The van der Waals surface area contributed by atoms with E-state index in [0.717, 1.165) is 17.8 Å². The van der Waals surface area contributed by atoms with Gasteiger partial charge in [0.25, 0.3) is 0 Å². The van der Waals surface area contributed by atoms with Gasteiger partial charge in [-0.1, -0.05) is 11.6 Å². The Morgan fingerprint density at radius 1 is 1.45 bits per heavy atom. The maximum Gasteiger partial charge on any atom is 0.221 e. The number of carbonyl (C=O) groups excluding carboxylic acids is 1. The number of anilines is 2. The highest BCUT2D eigenvalue weighted by Gasteiger charge is 2.04. The lowest BCUT2D eigenvalue weighted by Gasteiger charge is -2.09. The predicted octanol–water partition coefficient (Wildman–Crippen LogP) is 3.13. The van der Waals surface area contributed by atoms with E-state index in [4.69, 9.17) is 11.6 Å². The first-order valence-electron chi connectivity index (χ1n) is 6.41. The van der Waals surface area contributed by atoms with Crippen molar-refractivity contribution in [1.82, 2.24) is 9.78 Å². The van der Waals surface area contributed by atoms with E-state index >= 15 is 0 Å². The van der Waals surface area contributed by atoms with Crippen molar-refractivity contribution in [1.29, 1.82) is 0 Å². The van der Waals surface area contributed by atoms with Crippen LogP contribution in [0.4, 0.5) is 11.4 Å². The SMILES string of the molecule is CCn1cc(CNc2ccc(NC(C)=O)c(Cl)c2)cn1. The highest BCUT2D eigenvalue weighted by atomic mass is 35.5. The maximum atomic E-state index is 11.0. The summed E-state index contributed by atoms with van der Waals surface area (Å²) in [6, 6.07) is 5.44. The minimum atomic E-state index is -0.139. The average molecular weight is 293 g/mol. The lowest BCUT2D eigenvalue weighted by atomic mass is 10.2. The minimum Gasteiger partial charge on any atom is -0.381 e. The zero-order valence-electron chi connectivity index (χ0n) is 11.5. The van der Waals surface area contributed by atoms with Gasteiger partial charge in [0, 0.05) is 37.5 Å². The first kappa shape index (κ1) is 14.4. The average Bonchev–Trinajstić information content (AvgIpc) is 2.87. The Bertz CT molecular complexity index is 609. The summed E-state index contributed by atoms with van der Waals surface area (Å²) in [6.45, 7) is 5.03. The fourth-order valence-corrected chi connectivity index (χ4v) is 2.02. The second kappa shape index (κ2) is 6.43. The van der Waals surface area contributed by atoms with E-state index in [1.54, 1.807) is 12.1 Å². The molecule has 5 nitrogen and oxygen atoms in total. The Morgan fingerprint density at radius 2 is 2.25 bits per heavy atom. The standard InChI is InChI=1S/C14H17ClN4O/c1-3-19-9-11(8-17-19)7-16-12-4-5-14(13(15)6-12)18-10(2)20/h4-6,8-9,16H,3,7H2,1-2H3,(H,18,20). The predicted molar refractivity (Wildman–Crippen MR) is 81.0 cm³/mol. The summed E-state index contributed by atoms with van der Waals surface area (Å²) in [5, 5.41) is 10.7. The number of aryl methyl sites for hydroxylation is 1. The Kier molecular flexibility index (Phi) is 4.63. The van der Waals surface area contributed by atoms with E-state index < -0.39 is 0 Å². The van der Waals surface area contributed by atoms with Gasteiger partial charge in [0.15, 0.2) is 0 Å². The van der Waals surface area contributed by atoms with Gasteiger partial charge in [-0.3, -0.25) is 9.48 Å². The van der Waals surface area contributed by atoms with Crippen LogP contribution in [0.1, 0.15) is 19.4 Å². The Morgan fingerprint density at radius 3 is 2.85 bits per heavy atom. The molecule has 2 rings (SSSR count). The fourth-order valence-electron chi connectivity index (χ4n) is 1.79. The molecule has 2 aromatic rings. The Hall–Kier alpha value is -2.01. The van der Waals surface area contributed by atoms with Crippen LogP contribution in [0, 0.1) is 0 Å². The van der Waals surface area contributed by atoms with Crippen LogP contribution in [0.25, 0.3) is 0 Å². The molecule has 1 aromatic carbocycles. The molecule has 0 radical (unpaired) electrons. The first-order chi connectivity index (χ1) is 9.58. The van der Waals surface area contributed by atoms with Crippen LogP contribution in [0.3, 0.4) is 0 Å². The van der Waals surface area contributed by atoms with Crippen molar-refractivity contribution in [2.24, 2.45) is 0 Å². The number of rotatable bonds is 5. The van der Waals surface area contributed by atoms with Crippen molar-refractivity contribution in [3.63, 3.8) is 0 Å². The van der Waals surface area contributed by atoms with Crippen LogP contribution < -0.4 is 10.6 Å². The van der Waals surface area contributed by atoms with Crippen LogP contribution in [0.2, 0.25) is 5.02 Å². The van der Waals surface area contributed by atoms with Gasteiger partial charge in [0.05, 0.1) is 16.9 Å². The molecular weight excluding hydrogens is 276 g/mol. The molecule has 1 heterocycles. The van der Waals surface area contributed by atoms with Crippen molar-refractivity contribution in [3.05, 3.63) is 41.2 Å². The number of hydrogen-bond acceptors (Lipinski definition) is 3. The zero-order chi connectivity index (χ0) is 14.5. The second-order valence-electron chi connectivity index (χ2n) is 4.43. The molecule has 1 amide bonds. The summed E-state index contributed by atoms with van der Waals surface area (Å²) >= 11 is 6.11. The highest BCUT2D eigenvalue weighted by molar-refractivity contribution is 6.34. The maximum absolute atomic E-state index is 11.0. The van der Waals surface area contributed by atoms with Crippen molar-refractivity contribution < 1.29 is 4.79 Å². The van der Waals surface area contributed by atoms with Gasteiger partial charge in [0.1, 0.15) is 0 Å². The summed E-state index contributed by atoms with van der Waals surface area (Å²) in [5.41, 5.74) is 2.62. The van der Waals surface area contributed by atoms with E-state index in [9.17, 15) is 4.79 Å². The Labute approximate surface area is 122 Å². The highest BCUT2D eigenvalue weighted by Crippen LogP contribution is 2.25. The topological polar surface area (TPSA) is 59.0 Å². The third kappa shape index (κ3) is 3.74. The summed E-state index contributed by atoms with van der Waals surface area (Å²) < 4.78 is 1.88. The number of hydrogen-bond donors (Lipinski definition) is 2. The van der Waals surface area contributed by atoms with Crippen LogP contribution in [-0.4, -0.2) is 15.7 Å². The molecule has 0 aliphatic heterocycles. The molecule has 0 aliphatic rings. The minimum absolute atomic E-state index is 0.139. The molecule has 2 N–H and O–H groups in total. The van der Waals surface area contributed by atoms with Gasteiger partial charge in [-0.2, -0.15) is 5.10 Å². The molecule has 1 aromatic heterocycles. The summed E-state index contributed by atoms with van der Waals surface area (Å²) in [5.74, 6) is -0.139. The van der Waals surface area contributed by atoms with Crippen LogP contribution >= 0.6 is 11.6 Å². The number of nitrogens with zero attached hydrogens (tertiary/aromatic N) is 2. The van der Waals surface area contributed by atoms with Gasteiger partial charge >= 0.3 is 0 Å². The molecular formula is C14H17ClN4O. The molecule has 0 bridgehead atoms. The molecule has 20 heavy (non-hydrogen) atoms. The monoisotopic (exact) mass is 292 g/mol. The van der Waals surface area contributed by atoms with Crippen LogP contribution in [0.15, 0.2) is 30.6 Å². The summed E-state index contributed by atoms with van der Waals surface area (Å²) in [7, 11) is 0. The number of carbonyl (C=O) groups is 1. The van der Waals surface area contributed by atoms with Gasteiger partial charge < -0.3 is 10.6 Å². The largest absolute Gasteiger partial charge is 0.381 e. The molecule has 0 unspecified atom stereocenters. The summed E-state index contributed by atoms with van der Waals surface area (Å²) in [4.78, 5) is 11.0. The van der Waals surface area contributed by atoms with Crippen molar-refractivity contribution in [2.75, 3.05) is 10.6 Å². The molecule has 0 saturated heterocycles. The normalized spacial score (nSPS) is 10.3. The van der Waals surface area contributed by atoms with E-state index in [0.29, 0.717) is 17.3 Å². The van der Waals surface area contributed by atoms with E-state index in [1.165, 1.54) is 6.92 Å². The fraction of sp³-hybridized carbons (Fsp3) is 0.286. The van der Waals surface area contributed by atoms with E-state index in [1.807, 2.05) is 30.1 Å². The molecule has 0 aliphatic carbocycles. The third-order valence-electron chi connectivity index (χ3n) is 2.79.